The molecule has 0 unspecified atom stereocenters. The summed E-state index contributed by atoms with van der Waals surface area (Å²) < 4.78 is 5.49. The fourth-order valence-corrected chi connectivity index (χ4v) is 1.44. The summed E-state index contributed by atoms with van der Waals surface area (Å²) in [6.07, 6.45) is 5.61. The fourth-order valence-electron chi connectivity index (χ4n) is 1.44. The number of aryl methyl sites for hydroxylation is 3. The standard InChI is InChI=1S/C12H13NO/c1-10-2-4-12(14-10)5-3-11-6-8-13-9-7-11/h2,4,6-9H,3,5H2,1H3. The smallest absolute Gasteiger partial charge is 0.104 e. The monoisotopic (exact) mass is 187 g/mol. The molecule has 14 heavy (non-hydrogen) atoms. The lowest BCUT2D eigenvalue weighted by molar-refractivity contribution is 0.482. The number of furan rings is 1. The molecule has 0 aliphatic heterocycles. The number of hydrogen-bond donors (Lipinski definition) is 0. The molecule has 72 valence electrons. The van der Waals surface area contributed by atoms with E-state index in [4.69, 9.17) is 4.42 Å². The first kappa shape index (κ1) is 9.00. The van der Waals surface area contributed by atoms with Crippen LogP contribution in [0.15, 0.2) is 41.1 Å². The van der Waals surface area contributed by atoms with Crippen LogP contribution in [0.25, 0.3) is 0 Å². The molecule has 0 aromatic carbocycles. The van der Waals surface area contributed by atoms with Crippen molar-refractivity contribution in [2.75, 3.05) is 0 Å². The van der Waals surface area contributed by atoms with Crippen LogP contribution in [0.4, 0.5) is 0 Å². The van der Waals surface area contributed by atoms with E-state index in [2.05, 4.69) is 4.98 Å². The lowest BCUT2D eigenvalue weighted by atomic mass is 10.1. The molecule has 0 radical (unpaired) electrons. The van der Waals surface area contributed by atoms with Crippen LogP contribution in [-0.4, -0.2) is 4.98 Å². The lowest BCUT2D eigenvalue weighted by Crippen LogP contribution is -1.89. The second-order valence-electron chi connectivity index (χ2n) is 3.37. The summed E-state index contributed by atoms with van der Waals surface area (Å²) in [5, 5.41) is 0. The molecule has 2 nitrogen and oxygen atoms in total. The van der Waals surface area contributed by atoms with Crippen molar-refractivity contribution >= 4 is 0 Å². The maximum atomic E-state index is 5.49. The van der Waals surface area contributed by atoms with E-state index in [0.29, 0.717) is 0 Å². The number of pyridine rings is 1. The van der Waals surface area contributed by atoms with Crippen molar-refractivity contribution in [1.29, 1.82) is 0 Å². The maximum absolute atomic E-state index is 5.49. The van der Waals surface area contributed by atoms with Gasteiger partial charge in [-0.25, -0.2) is 0 Å². The molecule has 2 aromatic rings. The van der Waals surface area contributed by atoms with Gasteiger partial charge < -0.3 is 4.42 Å². The van der Waals surface area contributed by atoms with E-state index >= 15 is 0 Å². The van der Waals surface area contributed by atoms with Gasteiger partial charge in [0.05, 0.1) is 0 Å². The van der Waals surface area contributed by atoms with E-state index in [1.165, 1.54) is 5.56 Å². The predicted octanol–water partition coefficient (Wildman–Crippen LogP) is 2.77. The maximum Gasteiger partial charge on any atom is 0.104 e. The van der Waals surface area contributed by atoms with Crippen molar-refractivity contribution in [3.05, 3.63) is 53.7 Å². The van der Waals surface area contributed by atoms with Gasteiger partial charge in [-0.1, -0.05) is 0 Å². The van der Waals surface area contributed by atoms with E-state index in [9.17, 15) is 0 Å². The number of nitrogens with zero attached hydrogens (tertiary/aromatic N) is 1. The van der Waals surface area contributed by atoms with Crippen LogP contribution in [-0.2, 0) is 12.8 Å². The number of rotatable bonds is 3. The minimum atomic E-state index is 0.956. The summed E-state index contributed by atoms with van der Waals surface area (Å²) in [6.45, 7) is 1.97. The van der Waals surface area contributed by atoms with Crippen molar-refractivity contribution in [3.63, 3.8) is 0 Å². The summed E-state index contributed by atoms with van der Waals surface area (Å²) in [7, 11) is 0. The topological polar surface area (TPSA) is 26.0 Å². The normalized spacial score (nSPS) is 10.4. The second-order valence-corrected chi connectivity index (χ2v) is 3.37. The second kappa shape index (κ2) is 4.09. The molecular formula is C12H13NO. The van der Waals surface area contributed by atoms with Gasteiger partial charge in [-0.3, -0.25) is 4.98 Å². The SMILES string of the molecule is Cc1ccc(CCc2ccncc2)o1. The first-order chi connectivity index (χ1) is 6.84. The van der Waals surface area contributed by atoms with E-state index in [-0.39, 0.29) is 0 Å². The quantitative estimate of drug-likeness (QED) is 0.738. The van der Waals surface area contributed by atoms with Crippen molar-refractivity contribution in [2.45, 2.75) is 19.8 Å². The molecule has 2 heterocycles. The largest absolute Gasteiger partial charge is 0.466 e. The molecule has 0 bridgehead atoms. The summed E-state index contributed by atoms with van der Waals surface area (Å²) >= 11 is 0. The molecule has 2 heteroatoms. The highest BCUT2D eigenvalue weighted by atomic mass is 16.3. The van der Waals surface area contributed by atoms with Gasteiger partial charge in [-0.05, 0) is 43.2 Å². The summed E-state index contributed by atoms with van der Waals surface area (Å²) in [6, 6.07) is 8.12. The van der Waals surface area contributed by atoms with Gasteiger partial charge in [-0.15, -0.1) is 0 Å². The molecule has 0 saturated heterocycles. The molecule has 0 amide bonds. The first-order valence-electron chi connectivity index (χ1n) is 4.79. The van der Waals surface area contributed by atoms with Crippen molar-refractivity contribution < 1.29 is 4.42 Å². The van der Waals surface area contributed by atoms with Crippen LogP contribution in [0.2, 0.25) is 0 Å². The van der Waals surface area contributed by atoms with Gasteiger partial charge in [0.25, 0.3) is 0 Å². The molecule has 0 atom stereocenters. The van der Waals surface area contributed by atoms with Crippen LogP contribution < -0.4 is 0 Å². The molecule has 2 aromatic heterocycles. The molecular weight excluding hydrogens is 174 g/mol. The molecule has 2 rings (SSSR count). The van der Waals surface area contributed by atoms with E-state index in [1.54, 1.807) is 0 Å². The van der Waals surface area contributed by atoms with Gasteiger partial charge in [0.2, 0.25) is 0 Å². The van der Waals surface area contributed by atoms with Crippen LogP contribution in [0.5, 0.6) is 0 Å². The van der Waals surface area contributed by atoms with Crippen LogP contribution in [0.1, 0.15) is 17.1 Å². The summed E-state index contributed by atoms with van der Waals surface area (Å²) in [5.41, 5.74) is 1.30. The summed E-state index contributed by atoms with van der Waals surface area (Å²) in [4.78, 5) is 3.98. The molecule has 0 aliphatic rings. The van der Waals surface area contributed by atoms with Crippen LogP contribution in [0, 0.1) is 6.92 Å². The van der Waals surface area contributed by atoms with Gasteiger partial charge in [0, 0.05) is 18.8 Å². The van der Waals surface area contributed by atoms with E-state index < -0.39 is 0 Å². The zero-order valence-corrected chi connectivity index (χ0v) is 8.23. The average molecular weight is 187 g/mol. The summed E-state index contributed by atoms with van der Waals surface area (Å²) in [5.74, 6) is 2.04. The Labute approximate surface area is 83.6 Å². The average Bonchev–Trinajstić information content (AvgIpc) is 2.63. The highest BCUT2D eigenvalue weighted by Gasteiger charge is 1.99. The Morgan fingerprint density at radius 1 is 1.07 bits per heavy atom. The molecule has 0 aliphatic carbocycles. The van der Waals surface area contributed by atoms with E-state index in [1.807, 2.05) is 43.6 Å². The first-order valence-corrected chi connectivity index (χ1v) is 4.79. The molecule has 0 fully saturated rings. The Kier molecular flexibility index (Phi) is 2.63. The minimum absolute atomic E-state index is 0.956. The highest BCUT2D eigenvalue weighted by molar-refractivity contribution is 5.13. The molecule has 0 spiro atoms. The molecule has 0 saturated carbocycles. The minimum Gasteiger partial charge on any atom is -0.466 e. The number of hydrogen-bond acceptors (Lipinski definition) is 2. The van der Waals surface area contributed by atoms with Crippen LogP contribution in [0.3, 0.4) is 0 Å². The molecule has 0 N–H and O–H groups in total. The predicted molar refractivity (Wildman–Crippen MR) is 55.1 cm³/mol. The highest BCUT2D eigenvalue weighted by Crippen LogP contribution is 2.09. The third kappa shape index (κ3) is 2.22. The van der Waals surface area contributed by atoms with E-state index in [0.717, 1.165) is 24.4 Å². The Balaban J connectivity index is 1.95. The lowest BCUT2D eigenvalue weighted by Gasteiger charge is -1.97. The van der Waals surface area contributed by atoms with Crippen molar-refractivity contribution in [3.8, 4) is 0 Å². The Hall–Kier alpha value is -1.57. The zero-order chi connectivity index (χ0) is 9.80. The van der Waals surface area contributed by atoms with Gasteiger partial charge in [-0.2, -0.15) is 0 Å². The zero-order valence-electron chi connectivity index (χ0n) is 8.23. The third-order valence-electron chi connectivity index (χ3n) is 2.21. The fraction of sp³-hybridized carbons (Fsp3) is 0.250. The Morgan fingerprint density at radius 3 is 2.50 bits per heavy atom. The van der Waals surface area contributed by atoms with Crippen LogP contribution >= 0.6 is 0 Å². The van der Waals surface area contributed by atoms with Crippen molar-refractivity contribution in [1.82, 2.24) is 4.98 Å². The van der Waals surface area contributed by atoms with Gasteiger partial charge >= 0.3 is 0 Å². The third-order valence-corrected chi connectivity index (χ3v) is 2.21. The Morgan fingerprint density at radius 2 is 1.86 bits per heavy atom. The Bertz CT molecular complexity index is 392. The van der Waals surface area contributed by atoms with Gasteiger partial charge in [0.15, 0.2) is 0 Å². The van der Waals surface area contributed by atoms with Crippen molar-refractivity contribution in [2.24, 2.45) is 0 Å². The van der Waals surface area contributed by atoms with Gasteiger partial charge in [0.1, 0.15) is 11.5 Å². The number of aromatic nitrogens is 1.